The molecule has 0 saturated heterocycles. The van der Waals surface area contributed by atoms with Crippen LogP contribution in [-0.4, -0.2) is 10.9 Å². The first kappa shape index (κ1) is 13.1. The maximum absolute atomic E-state index is 11.8. The zero-order valence-corrected chi connectivity index (χ0v) is 11.7. The molecular formula is C13H10BrClN2O. The Kier molecular flexibility index (Phi) is 4.33. The molecular weight excluding hydrogens is 316 g/mol. The fourth-order valence-corrected chi connectivity index (χ4v) is 1.96. The van der Waals surface area contributed by atoms with Gasteiger partial charge >= 0.3 is 0 Å². The average Bonchev–Trinajstić information content (AvgIpc) is 2.32. The normalized spacial score (nSPS) is 10.1. The molecule has 1 aromatic carbocycles. The van der Waals surface area contributed by atoms with Gasteiger partial charge in [0.15, 0.2) is 0 Å². The third-order valence-electron chi connectivity index (χ3n) is 2.27. The average molecular weight is 326 g/mol. The van der Waals surface area contributed by atoms with Gasteiger partial charge in [0.2, 0.25) is 5.91 Å². The number of rotatable bonds is 3. The van der Waals surface area contributed by atoms with Crippen LogP contribution in [0.15, 0.2) is 47.2 Å². The highest BCUT2D eigenvalue weighted by atomic mass is 79.9. The Hall–Kier alpha value is -1.39. The number of benzene rings is 1. The predicted molar refractivity (Wildman–Crippen MR) is 75.7 cm³/mol. The summed E-state index contributed by atoms with van der Waals surface area (Å²) in [4.78, 5) is 15.8. The maximum Gasteiger partial charge on any atom is 0.228 e. The van der Waals surface area contributed by atoms with E-state index in [1.165, 1.54) is 0 Å². The van der Waals surface area contributed by atoms with Crippen LogP contribution in [-0.2, 0) is 11.2 Å². The highest BCUT2D eigenvalue weighted by molar-refractivity contribution is 9.10. The summed E-state index contributed by atoms with van der Waals surface area (Å²) in [6.07, 6.45) is 3.57. The Bertz CT molecular complexity index is 557. The molecule has 5 heteroatoms. The van der Waals surface area contributed by atoms with Gasteiger partial charge in [0.1, 0.15) is 0 Å². The Morgan fingerprint density at radius 2 is 2.00 bits per heavy atom. The predicted octanol–water partition coefficient (Wildman–Crippen LogP) is 3.68. The third kappa shape index (κ3) is 3.82. The van der Waals surface area contributed by atoms with Crippen LogP contribution in [0.2, 0.25) is 5.02 Å². The summed E-state index contributed by atoms with van der Waals surface area (Å²) < 4.78 is 0.826. The number of hydrogen-bond donors (Lipinski definition) is 1. The molecule has 0 radical (unpaired) electrons. The van der Waals surface area contributed by atoms with Crippen molar-refractivity contribution in [3.63, 3.8) is 0 Å². The first-order valence-electron chi connectivity index (χ1n) is 5.28. The van der Waals surface area contributed by atoms with Gasteiger partial charge in [-0.1, -0.05) is 23.7 Å². The number of nitrogens with zero attached hydrogens (tertiary/aromatic N) is 1. The van der Waals surface area contributed by atoms with Crippen LogP contribution in [0.1, 0.15) is 5.56 Å². The number of nitrogens with one attached hydrogen (secondary N) is 1. The van der Waals surface area contributed by atoms with Gasteiger partial charge in [-0.25, -0.2) is 0 Å². The molecule has 2 rings (SSSR count). The minimum Gasteiger partial charge on any atom is -0.324 e. The number of aromatic nitrogens is 1. The smallest absolute Gasteiger partial charge is 0.228 e. The molecule has 0 aliphatic carbocycles. The second-order valence-electron chi connectivity index (χ2n) is 3.74. The van der Waals surface area contributed by atoms with Crippen molar-refractivity contribution in [1.29, 1.82) is 0 Å². The number of anilines is 1. The lowest BCUT2D eigenvalue weighted by Crippen LogP contribution is -2.14. The molecule has 0 aliphatic rings. The second-order valence-corrected chi connectivity index (χ2v) is 5.10. The van der Waals surface area contributed by atoms with Crippen molar-refractivity contribution in [1.82, 2.24) is 4.98 Å². The summed E-state index contributed by atoms with van der Waals surface area (Å²) in [5.74, 6) is -0.0859. The molecule has 1 amide bonds. The molecule has 92 valence electrons. The minimum absolute atomic E-state index is 0.0859. The van der Waals surface area contributed by atoms with Gasteiger partial charge in [-0.2, -0.15) is 0 Å². The van der Waals surface area contributed by atoms with E-state index in [0.29, 0.717) is 17.1 Å². The van der Waals surface area contributed by atoms with Crippen molar-refractivity contribution in [3.05, 3.63) is 57.8 Å². The zero-order valence-electron chi connectivity index (χ0n) is 9.36. The lowest BCUT2D eigenvalue weighted by molar-refractivity contribution is -0.115. The van der Waals surface area contributed by atoms with Crippen molar-refractivity contribution in [3.8, 4) is 0 Å². The maximum atomic E-state index is 11.8. The highest BCUT2D eigenvalue weighted by Crippen LogP contribution is 2.14. The van der Waals surface area contributed by atoms with E-state index < -0.39 is 0 Å². The Morgan fingerprint density at radius 1 is 1.28 bits per heavy atom. The van der Waals surface area contributed by atoms with Crippen molar-refractivity contribution < 1.29 is 4.79 Å². The van der Waals surface area contributed by atoms with E-state index in [4.69, 9.17) is 11.6 Å². The number of pyridine rings is 1. The van der Waals surface area contributed by atoms with Gasteiger partial charge < -0.3 is 5.32 Å². The van der Waals surface area contributed by atoms with E-state index >= 15 is 0 Å². The first-order chi connectivity index (χ1) is 8.63. The van der Waals surface area contributed by atoms with Crippen LogP contribution >= 0.6 is 27.5 Å². The SMILES string of the molecule is O=C(Cc1ccc(Cl)cc1)Nc1cncc(Br)c1. The first-order valence-corrected chi connectivity index (χ1v) is 6.45. The highest BCUT2D eigenvalue weighted by Gasteiger charge is 2.04. The summed E-state index contributed by atoms with van der Waals surface area (Å²) in [6.45, 7) is 0. The van der Waals surface area contributed by atoms with E-state index in [0.717, 1.165) is 10.0 Å². The van der Waals surface area contributed by atoms with Crippen LogP contribution in [0.5, 0.6) is 0 Å². The van der Waals surface area contributed by atoms with Crippen LogP contribution in [0, 0.1) is 0 Å². The summed E-state index contributed by atoms with van der Waals surface area (Å²) in [7, 11) is 0. The van der Waals surface area contributed by atoms with E-state index in [2.05, 4.69) is 26.2 Å². The molecule has 1 heterocycles. The van der Waals surface area contributed by atoms with Crippen LogP contribution in [0.25, 0.3) is 0 Å². The molecule has 0 saturated carbocycles. The molecule has 18 heavy (non-hydrogen) atoms. The van der Waals surface area contributed by atoms with Crippen LogP contribution in [0.3, 0.4) is 0 Å². The molecule has 2 aromatic rings. The van der Waals surface area contributed by atoms with Gasteiger partial charge in [0.25, 0.3) is 0 Å². The Labute approximate surface area is 118 Å². The van der Waals surface area contributed by atoms with Crippen LogP contribution in [0.4, 0.5) is 5.69 Å². The lowest BCUT2D eigenvalue weighted by Gasteiger charge is -2.05. The summed E-state index contributed by atoms with van der Waals surface area (Å²) >= 11 is 9.08. The quantitative estimate of drug-likeness (QED) is 0.935. The Balaban J connectivity index is 1.98. The fourth-order valence-electron chi connectivity index (χ4n) is 1.47. The summed E-state index contributed by atoms with van der Waals surface area (Å²) in [5.41, 5.74) is 1.59. The molecule has 0 atom stereocenters. The monoisotopic (exact) mass is 324 g/mol. The minimum atomic E-state index is -0.0859. The van der Waals surface area contributed by atoms with Gasteiger partial charge in [-0.05, 0) is 39.7 Å². The van der Waals surface area contributed by atoms with Crippen molar-refractivity contribution in [2.45, 2.75) is 6.42 Å². The van der Waals surface area contributed by atoms with Crippen molar-refractivity contribution in [2.75, 3.05) is 5.32 Å². The molecule has 1 aromatic heterocycles. The molecule has 0 unspecified atom stereocenters. The number of carbonyl (C=O) groups is 1. The summed E-state index contributed by atoms with van der Waals surface area (Å²) in [5, 5.41) is 3.44. The van der Waals surface area contributed by atoms with Gasteiger partial charge in [-0.3, -0.25) is 9.78 Å². The number of hydrogen-bond acceptors (Lipinski definition) is 2. The largest absolute Gasteiger partial charge is 0.324 e. The van der Waals surface area contributed by atoms with Gasteiger partial charge in [0.05, 0.1) is 18.3 Å². The van der Waals surface area contributed by atoms with E-state index in [9.17, 15) is 4.79 Å². The number of amides is 1. The van der Waals surface area contributed by atoms with Gasteiger partial charge in [0, 0.05) is 15.7 Å². The molecule has 3 nitrogen and oxygen atoms in total. The molecule has 0 bridgehead atoms. The zero-order chi connectivity index (χ0) is 13.0. The molecule has 0 spiro atoms. The Morgan fingerprint density at radius 3 is 2.67 bits per heavy atom. The van der Waals surface area contributed by atoms with Gasteiger partial charge in [-0.15, -0.1) is 0 Å². The second kappa shape index (κ2) is 5.98. The fraction of sp³-hybridized carbons (Fsp3) is 0.0769. The van der Waals surface area contributed by atoms with Crippen molar-refractivity contribution in [2.24, 2.45) is 0 Å². The topological polar surface area (TPSA) is 42.0 Å². The molecule has 0 aliphatic heterocycles. The number of halogens is 2. The van der Waals surface area contributed by atoms with Crippen molar-refractivity contribution >= 4 is 39.1 Å². The third-order valence-corrected chi connectivity index (χ3v) is 2.95. The van der Waals surface area contributed by atoms with E-state index in [1.807, 2.05) is 12.1 Å². The standard InChI is InChI=1S/C13H10BrClN2O/c14-10-6-12(8-16-7-10)17-13(18)5-9-1-3-11(15)4-2-9/h1-4,6-8H,5H2,(H,17,18). The van der Waals surface area contributed by atoms with E-state index in [1.54, 1.807) is 30.6 Å². The van der Waals surface area contributed by atoms with Crippen LogP contribution < -0.4 is 5.32 Å². The van der Waals surface area contributed by atoms with E-state index in [-0.39, 0.29) is 5.91 Å². The molecule has 1 N–H and O–H groups in total. The lowest BCUT2D eigenvalue weighted by atomic mass is 10.1. The molecule has 0 fully saturated rings. The summed E-state index contributed by atoms with van der Waals surface area (Å²) in [6, 6.07) is 9.00. The number of carbonyl (C=O) groups excluding carboxylic acids is 1.